The maximum Gasteiger partial charge on any atom is 0.226 e. The highest BCUT2D eigenvalue weighted by atomic mass is 32.1. The van der Waals surface area contributed by atoms with Crippen LogP contribution in [0.4, 0.5) is 4.39 Å². The van der Waals surface area contributed by atoms with E-state index in [1.54, 1.807) is 23.5 Å². The van der Waals surface area contributed by atoms with Crippen molar-refractivity contribution >= 4 is 21.6 Å². The smallest absolute Gasteiger partial charge is 0.226 e. The molecule has 0 radical (unpaired) electrons. The molecular weight excluding hydrogens is 335 g/mol. The van der Waals surface area contributed by atoms with Crippen molar-refractivity contribution in [3.8, 4) is 18.2 Å². The van der Waals surface area contributed by atoms with Crippen molar-refractivity contribution in [2.75, 3.05) is 6.61 Å². The lowest BCUT2D eigenvalue weighted by Crippen LogP contribution is -2.04. The normalized spacial score (nSPS) is 13.4. The van der Waals surface area contributed by atoms with Gasteiger partial charge in [0.25, 0.3) is 0 Å². The van der Waals surface area contributed by atoms with Crippen LogP contribution in [0.15, 0.2) is 24.3 Å². The lowest BCUT2D eigenvalue weighted by atomic mass is 9.97. The summed E-state index contributed by atoms with van der Waals surface area (Å²) in [6, 6.07) is 6.41. The molecule has 1 aromatic carbocycles. The second-order valence-electron chi connectivity index (χ2n) is 6.13. The van der Waals surface area contributed by atoms with Crippen molar-refractivity contribution in [1.29, 1.82) is 0 Å². The Morgan fingerprint density at radius 1 is 1.16 bits per heavy atom. The highest BCUT2D eigenvalue weighted by Gasteiger charge is 2.22. The summed E-state index contributed by atoms with van der Waals surface area (Å²) in [5, 5.41) is 1.03. The molecule has 126 valence electrons. The maximum absolute atomic E-state index is 13.1. The summed E-state index contributed by atoms with van der Waals surface area (Å²) in [5.41, 5.74) is 2.29. The van der Waals surface area contributed by atoms with Gasteiger partial charge in [-0.2, -0.15) is 4.98 Å². The minimum Gasteiger partial charge on any atom is -0.464 e. The van der Waals surface area contributed by atoms with Gasteiger partial charge in [0.2, 0.25) is 5.88 Å². The van der Waals surface area contributed by atoms with Gasteiger partial charge in [-0.25, -0.2) is 9.37 Å². The summed E-state index contributed by atoms with van der Waals surface area (Å²) in [5.74, 6) is 3.52. The minimum absolute atomic E-state index is 0.187. The third-order valence-electron chi connectivity index (χ3n) is 4.40. The van der Waals surface area contributed by atoms with E-state index in [9.17, 15) is 4.39 Å². The Hall–Kier alpha value is -2.45. The van der Waals surface area contributed by atoms with Crippen LogP contribution in [0, 0.1) is 18.2 Å². The molecule has 0 saturated heterocycles. The second kappa shape index (κ2) is 6.81. The zero-order chi connectivity index (χ0) is 17.2. The second-order valence-corrected chi connectivity index (χ2v) is 7.22. The van der Waals surface area contributed by atoms with E-state index in [-0.39, 0.29) is 12.4 Å². The average Bonchev–Trinajstić information content (AvgIpc) is 3.00. The fourth-order valence-corrected chi connectivity index (χ4v) is 4.52. The molecule has 0 atom stereocenters. The van der Waals surface area contributed by atoms with Crippen LogP contribution in [0.25, 0.3) is 10.2 Å². The van der Waals surface area contributed by atoms with Gasteiger partial charge in [0.1, 0.15) is 16.5 Å². The van der Waals surface area contributed by atoms with Crippen LogP contribution in [-0.4, -0.2) is 16.6 Å². The topological polar surface area (TPSA) is 35.0 Å². The van der Waals surface area contributed by atoms with Gasteiger partial charge in [-0.3, -0.25) is 0 Å². The Morgan fingerprint density at radius 2 is 1.96 bits per heavy atom. The van der Waals surface area contributed by atoms with Crippen molar-refractivity contribution in [3.63, 3.8) is 0 Å². The lowest BCUT2D eigenvalue weighted by molar-refractivity contribution is 0.358. The molecule has 0 spiro atoms. The van der Waals surface area contributed by atoms with E-state index >= 15 is 0 Å². The van der Waals surface area contributed by atoms with E-state index in [2.05, 4.69) is 10.9 Å². The molecular formula is C20H17FN2OS. The first kappa shape index (κ1) is 16.0. The van der Waals surface area contributed by atoms with Gasteiger partial charge in [-0.1, -0.05) is 18.1 Å². The molecule has 0 unspecified atom stereocenters. The first-order valence-corrected chi connectivity index (χ1v) is 9.18. The Morgan fingerprint density at radius 3 is 2.76 bits per heavy atom. The van der Waals surface area contributed by atoms with Crippen molar-refractivity contribution in [3.05, 3.63) is 51.9 Å². The van der Waals surface area contributed by atoms with E-state index < -0.39 is 0 Å². The Balaban J connectivity index is 1.77. The van der Waals surface area contributed by atoms with Crippen LogP contribution in [0.5, 0.6) is 5.88 Å². The number of nitrogens with zero attached hydrogens (tertiary/aromatic N) is 2. The van der Waals surface area contributed by atoms with Gasteiger partial charge < -0.3 is 4.74 Å². The predicted molar refractivity (Wildman–Crippen MR) is 97.6 cm³/mol. The molecule has 5 heteroatoms. The van der Waals surface area contributed by atoms with Crippen LogP contribution in [0.1, 0.15) is 34.7 Å². The molecule has 0 aliphatic heterocycles. The van der Waals surface area contributed by atoms with Gasteiger partial charge in [-0.05, 0) is 48.9 Å². The van der Waals surface area contributed by atoms with E-state index in [4.69, 9.17) is 16.1 Å². The molecule has 0 fully saturated rings. The molecule has 2 heterocycles. The monoisotopic (exact) mass is 352 g/mol. The van der Waals surface area contributed by atoms with E-state index in [0.29, 0.717) is 18.1 Å². The molecule has 1 aliphatic rings. The number of aromatic nitrogens is 2. The fraction of sp³-hybridized carbons (Fsp3) is 0.300. The summed E-state index contributed by atoms with van der Waals surface area (Å²) >= 11 is 1.73. The van der Waals surface area contributed by atoms with Gasteiger partial charge in [0, 0.05) is 11.3 Å². The summed E-state index contributed by atoms with van der Waals surface area (Å²) in [6.07, 6.45) is 10.4. The van der Waals surface area contributed by atoms with Crippen LogP contribution < -0.4 is 4.74 Å². The van der Waals surface area contributed by atoms with Crippen LogP contribution >= 0.6 is 11.3 Å². The number of hydrogen-bond donors (Lipinski definition) is 0. The molecule has 3 aromatic rings. The van der Waals surface area contributed by atoms with Crippen molar-refractivity contribution in [2.24, 2.45) is 0 Å². The molecule has 0 N–H and O–H groups in total. The predicted octanol–water partition coefficient (Wildman–Crippen LogP) is 4.31. The lowest BCUT2D eigenvalue weighted by Gasteiger charge is -2.12. The number of halogens is 1. The number of terminal acetylenes is 1. The minimum atomic E-state index is -0.246. The highest BCUT2D eigenvalue weighted by molar-refractivity contribution is 7.18. The quantitative estimate of drug-likeness (QED) is 0.656. The molecule has 0 saturated carbocycles. The van der Waals surface area contributed by atoms with Crippen molar-refractivity contribution in [2.45, 2.75) is 32.1 Å². The standard InChI is InChI=1S/C20H17FN2OS/c1-2-11-24-19-18-15-5-3-4-6-16(15)25-20(18)23-17(22-19)12-13-7-9-14(21)10-8-13/h1,7-10H,3-6,11-12H2. The number of benzene rings is 1. The van der Waals surface area contributed by atoms with Crippen LogP contribution in [0.2, 0.25) is 0 Å². The highest BCUT2D eigenvalue weighted by Crippen LogP contribution is 2.39. The third kappa shape index (κ3) is 3.22. The van der Waals surface area contributed by atoms with Gasteiger partial charge in [0.15, 0.2) is 6.61 Å². The molecule has 0 bridgehead atoms. The largest absolute Gasteiger partial charge is 0.464 e. The number of hydrogen-bond acceptors (Lipinski definition) is 4. The van der Waals surface area contributed by atoms with Crippen LogP contribution in [-0.2, 0) is 19.3 Å². The van der Waals surface area contributed by atoms with Crippen LogP contribution in [0.3, 0.4) is 0 Å². The molecule has 4 rings (SSSR count). The molecule has 25 heavy (non-hydrogen) atoms. The number of rotatable bonds is 4. The Bertz CT molecular complexity index is 956. The number of aryl methyl sites for hydroxylation is 2. The summed E-state index contributed by atoms with van der Waals surface area (Å²) in [7, 11) is 0. The van der Waals surface area contributed by atoms with Crippen molar-refractivity contribution < 1.29 is 9.13 Å². The molecule has 2 aromatic heterocycles. The Kier molecular flexibility index (Phi) is 4.37. The third-order valence-corrected chi connectivity index (χ3v) is 5.58. The first-order valence-electron chi connectivity index (χ1n) is 8.36. The Labute approximate surface area is 149 Å². The fourth-order valence-electron chi connectivity index (χ4n) is 3.24. The number of thiophene rings is 1. The van der Waals surface area contributed by atoms with Gasteiger partial charge in [0.05, 0.1) is 5.39 Å². The zero-order valence-electron chi connectivity index (χ0n) is 13.7. The summed E-state index contributed by atoms with van der Waals surface area (Å²) < 4.78 is 18.8. The molecule has 0 amide bonds. The van der Waals surface area contributed by atoms with E-state index in [1.807, 2.05) is 0 Å². The molecule has 3 nitrogen and oxygen atoms in total. The first-order chi connectivity index (χ1) is 12.2. The number of ether oxygens (including phenoxy) is 1. The summed E-state index contributed by atoms with van der Waals surface area (Å²) in [6.45, 7) is 0.187. The maximum atomic E-state index is 13.1. The average molecular weight is 352 g/mol. The zero-order valence-corrected chi connectivity index (χ0v) is 14.5. The molecule has 1 aliphatic carbocycles. The van der Waals surface area contributed by atoms with E-state index in [1.165, 1.54) is 35.4 Å². The van der Waals surface area contributed by atoms with Gasteiger partial charge >= 0.3 is 0 Å². The number of fused-ring (bicyclic) bond motifs is 3. The van der Waals surface area contributed by atoms with Crippen molar-refractivity contribution in [1.82, 2.24) is 9.97 Å². The SMILES string of the molecule is C#CCOc1nc(Cc2ccc(F)cc2)nc2sc3c(c12)CCCC3. The van der Waals surface area contributed by atoms with Gasteiger partial charge in [-0.15, -0.1) is 17.8 Å². The van der Waals surface area contributed by atoms with E-state index in [0.717, 1.165) is 28.6 Å². The summed E-state index contributed by atoms with van der Waals surface area (Å²) in [4.78, 5) is 11.7.